The molecule has 1 saturated heterocycles. The molecule has 0 bridgehead atoms. The van der Waals surface area contributed by atoms with Gasteiger partial charge in [-0.05, 0) is 38.0 Å². The first kappa shape index (κ1) is 21.1. The number of carbonyl (C=O) groups excluding carboxylic acids is 1. The summed E-state index contributed by atoms with van der Waals surface area (Å²) in [5, 5.41) is 0. The summed E-state index contributed by atoms with van der Waals surface area (Å²) in [5.74, 6) is -0.638. The van der Waals surface area contributed by atoms with Crippen molar-refractivity contribution in [3.63, 3.8) is 0 Å². The lowest BCUT2D eigenvalue weighted by Crippen LogP contribution is -2.44. The van der Waals surface area contributed by atoms with E-state index in [0.29, 0.717) is 38.0 Å². The Morgan fingerprint density at radius 2 is 2.08 bits per heavy atom. The van der Waals surface area contributed by atoms with E-state index in [4.69, 9.17) is 0 Å². The van der Waals surface area contributed by atoms with Gasteiger partial charge in [-0.1, -0.05) is 22.0 Å². The number of hydrogen-bond acceptors (Lipinski definition) is 3. The van der Waals surface area contributed by atoms with E-state index in [-0.39, 0.29) is 29.9 Å². The monoisotopic (exact) mass is 446 g/mol. The number of nitrogens with zero attached hydrogens (tertiary/aromatic N) is 2. The SMILES string of the molecule is C=CCN(Cc1cc(Br)ccc1F)C(=O)C1CCN(S(=O)(=O)CC)CC1. The third-order valence-corrected chi connectivity index (χ3v) is 6.97. The van der Waals surface area contributed by atoms with Gasteiger partial charge in [-0.25, -0.2) is 17.1 Å². The van der Waals surface area contributed by atoms with Crippen molar-refractivity contribution in [2.45, 2.75) is 26.3 Å². The summed E-state index contributed by atoms with van der Waals surface area (Å²) in [7, 11) is -3.22. The van der Waals surface area contributed by atoms with E-state index in [1.54, 1.807) is 30.0 Å². The van der Waals surface area contributed by atoms with Gasteiger partial charge < -0.3 is 4.90 Å². The topological polar surface area (TPSA) is 57.7 Å². The first-order valence-corrected chi connectivity index (χ1v) is 11.0. The highest BCUT2D eigenvalue weighted by Crippen LogP contribution is 2.24. The molecule has 0 spiro atoms. The number of sulfonamides is 1. The Morgan fingerprint density at radius 3 is 2.65 bits per heavy atom. The fourth-order valence-electron chi connectivity index (χ4n) is 3.08. The van der Waals surface area contributed by atoms with Crippen LogP contribution in [0.4, 0.5) is 4.39 Å². The molecule has 1 amide bonds. The van der Waals surface area contributed by atoms with E-state index < -0.39 is 10.0 Å². The molecule has 0 aliphatic carbocycles. The van der Waals surface area contributed by atoms with Crippen LogP contribution in [0.3, 0.4) is 0 Å². The van der Waals surface area contributed by atoms with Crippen LogP contribution in [0.5, 0.6) is 0 Å². The van der Waals surface area contributed by atoms with Crippen LogP contribution in [0.1, 0.15) is 25.3 Å². The van der Waals surface area contributed by atoms with Crippen molar-refractivity contribution in [3.8, 4) is 0 Å². The van der Waals surface area contributed by atoms with E-state index >= 15 is 0 Å². The lowest BCUT2D eigenvalue weighted by Gasteiger charge is -2.33. The third-order valence-electron chi connectivity index (χ3n) is 4.59. The molecule has 0 N–H and O–H groups in total. The second-order valence-corrected chi connectivity index (χ2v) is 9.49. The average molecular weight is 447 g/mol. The van der Waals surface area contributed by atoms with Crippen LogP contribution >= 0.6 is 15.9 Å². The molecule has 1 heterocycles. The molecule has 1 fully saturated rings. The average Bonchev–Trinajstić information content (AvgIpc) is 2.63. The highest BCUT2D eigenvalue weighted by Gasteiger charge is 2.32. The van der Waals surface area contributed by atoms with Crippen LogP contribution in [0, 0.1) is 11.7 Å². The van der Waals surface area contributed by atoms with Crippen molar-refractivity contribution in [3.05, 3.63) is 46.7 Å². The fraction of sp³-hybridized carbons (Fsp3) is 0.500. The second kappa shape index (κ2) is 9.10. The van der Waals surface area contributed by atoms with E-state index in [9.17, 15) is 17.6 Å². The lowest BCUT2D eigenvalue weighted by atomic mass is 9.96. The third kappa shape index (κ3) is 5.14. The van der Waals surface area contributed by atoms with Crippen molar-refractivity contribution < 1.29 is 17.6 Å². The van der Waals surface area contributed by atoms with E-state index in [1.807, 2.05) is 0 Å². The van der Waals surface area contributed by atoms with Gasteiger partial charge >= 0.3 is 0 Å². The molecule has 8 heteroatoms. The lowest BCUT2D eigenvalue weighted by molar-refractivity contribution is -0.136. The molecular formula is C18H24BrFN2O3S. The maximum atomic E-state index is 14.0. The molecule has 1 aliphatic rings. The minimum atomic E-state index is -3.22. The van der Waals surface area contributed by atoms with Crippen molar-refractivity contribution in [1.29, 1.82) is 0 Å². The van der Waals surface area contributed by atoms with Crippen molar-refractivity contribution in [2.24, 2.45) is 5.92 Å². The first-order chi connectivity index (χ1) is 12.3. The quantitative estimate of drug-likeness (QED) is 0.604. The van der Waals surface area contributed by atoms with Gasteiger partial charge in [0.2, 0.25) is 15.9 Å². The molecule has 1 aromatic rings. The standard InChI is InChI=1S/C18H24BrFN2O3S/c1-3-9-21(13-15-12-16(19)5-6-17(15)20)18(23)14-7-10-22(11-8-14)26(24,25)4-2/h3,5-6,12,14H,1,4,7-11,13H2,2H3. The molecule has 0 radical (unpaired) electrons. The molecule has 0 atom stereocenters. The number of benzene rings is 1. The van der Waals surface area contributed by atoms with Gasteiger partial charge in [0, 0.05) is 42.1 Å². The zero-order valence-electron chi connectivity index (χ0n) is 14.8. The zero-order chi connectivity index (χ0) is 19.3. The number of halogens is 2. The van der Waals surface area contributed by atoms with Gasteiger partial charge in [-0.15, -0.1) is 6.58 Å². The van der Waals surface area contributed by atoms with E-state index in [2.05, 4.69) is 22.5 Å². The van der Waals surface area contributed by atoms with Crippen molar-refractivity contribution >= 4 is 31.9 Å². The van der Waals surface area contributed by atoms with Crippen molar-refractivity contribution in [2.75, 3.05) is 25.4 Å². The van der Waals surface area contributed by atoms with Gasteiger partial charge in [0.25, 0.3) is 0 Å². The Bertz CT molecular complexity index is 762. The molecule has 5 nitrogen and oxygen atoms in total. The number of carbonyl (C=O) groups is 1. The summed E-state index contributed by atoms with van der Waals surface area (Å²) in [6, 6.07) is 4.64. The Labute approximate surface area is 163 Å². The van der Waals surface area contributed by atoms with Crippen molar-refractivity contribution in [1.82, 2.24) is 9.21 Å². The summed E-state index contributed by atoms with van der Waals surface area (Å²) < 4.78 is 40.1. The van der Waals surface area contributed by atoms with Crippen LogP contribution in [-0.2, 0) is 21.4 Å². The largest absolute Gasteiger partial charge is 0.334 e. The number of piperidine rings is 1. The fourth-order valence-corrected chi connectivity index (χ4v) is 4.62. The second-order valence-electron chi connectivity index (χ2n) is 6.32. The van der Waals surface area contributed by atoms with Crippen LogP contribution < -0.4 is 0 Å². The molecule has 0 unspecified atom stereocenters. The minimum absolute atomic E-state index is 0.0658. The maximum Gasteiger partial charge on any atom is 0.226 e. The van der Waals surface area contributed by atoms with Crippen LogP contribution in [-0.4, -0.2) is 48.9 Å². The normalized spacial score (nSPS) is 16.4. The summed E-state index contributed by atoms with van der Waals surface area (Å²) in [6.07, 6.45) is 2.57. The van der Waals surface area contributed by atoms with Gasteiger partial charge in [0.1, 0.15) is 5.82 Å². The minimum Gasteiger partial charge on any atom is -0.334 e. The summed E-state index contributed by atoms with van der Waals surface area (Å²) in [4.78, 5) is 14.5. The molecule has 0 aromatic heterocycles. The summed E-state index contributed by atoms with van der Waals surface area (Å²) >= 11 is 3.32. The number of amides is 1. The van der Waals surface area contributed by atoms with Crippen LogP contribution in [0.25, 0.3) is 0 Å². The molecular weight excluding hydrogens is 423 g/mol. The predicted molar refractivity (Wildman–Crippen MR) is 103 cm³/mol. The predicted octanol–water partition coefficient (Wildman–Crippen LogP) is 3.16. The zero-order valence-corrected chi connectivity index (χ0v) is 17.2. The van der Waals surface area contributed by atoms with Crippen LogP contribution in [0.2, 0.25) is 0 Å². The van der Waals surface area contributed by atoms with E-state index in [1.165, 1.54) is 10.4 Å². The Hall–Kier alpha value is -1.25. The molecule has 1 aromatic carbocycles. The Kier molecular flexibility index (Phi) is 7.37. The molecule has 2 rings (SSSR count). The molecule has 0 saturated carbocycles. The van der Waals surface area contributed by atoms with E-state index in [0.717, 1.165) is 4.47 Å². The van der Waals surface area contributed by atoms with Crippen LogP contribution in [0.15, 0.2) is 35.3 Å². The Balaban J connectivity index is 2.07. The maximum absolute atomic E-state index is 14.0. The highest BCUT2D eigenvalue weighted by molar-refractivity contribution is 9.10. The molecule has 1 aliphatic heterocycles. The first-order valence-electron chi connectivity index (χ1n) is 8.60. The van der Waals surface area contributed by atoms with Gasteiger partial charge in [0.05, 0.1) is 5.75 Å². The van der Waals surface area contributed by atoms with Gasteiger partial charge in [0.15, 0.2) is 0 Å². The highest BCUT2D eigenvalue weighted by atomic mass is 79.9. The smallest absolute Gasteiger partial charge is 0.226 e. The van der Waals surface area contributed by atoms with Gasteiger partial charge in [-0.2, -0.15) is 0 Å². The molecule has 26 heavy (non-hydrogen) atoms. The Morgan fingerprint density at radius 1 is 1.42 bits per heavy atom. The number of rotatable bonds is 7. The van der Waals surface area contributed by atoms with Gasteiger partial charge in [-0.3, -0.25) is 4.79 Å². The summed E-state index contributed by atoms with van der Waals surface area (Å²) in [6.45, 7) is 6.46. The number of hydrogen-bond donors (Lipinski definition) is 0. The summed E-state index contributed by atoms with van der Waals surface area (Å²) in [5.41, 5.74) is 0.431. The molecule has 144 valence electrons.